The number of aliphatic carboxylic acids is 2. The predicted octanol–water partition coefficient (Wildman–Crippen LogP) is 5.08. The number of halogens is 1. The van der Waals surface area contributed by atoms with Crippen LogP contribution in [0.1, 0.15) is 68.7 Å². The van der Waals surface area contributed by atoms with Gasteiger partial charge in [0, 0.05) is 5.92 Å². The van der Waals surface area contributed by atoms with Crippen LogP contribution in [0.2, 0.25) is 0 Å². The van der Waals surface area contributed by atoms with E-state index < -0.39 is 51.8 Å². The first-order chi connectivity index (χ1) is 12.8. The largest absolute Gasteiger partial charge is 0.481 e. The van der Waals surface area contributed by atoms with Crippen molar-refractivity contribution in [2.45, 2.75) is 79.9 Å². The summed E-state index contributed by atoms with van der Waals surface area (Å²) in [5, 5.41) is 23.0. The van der Waals surface area contributed by atoms with Gasteiger partial charge in [-0.1, -0.05) is 70.2 Å². The number of allylic oxidation sites excluding steroid dienone is 1. The molecule has 0 rings (SSSR count). The van der Waals surface area contributed by atoms with Gasteiger partial charge in [0.05, 0.1) is 5.92 Å². The van der Waals surface area contributed by atoms with E-state index in [4.69, 9.17) is 4.74 Å². The Balaban J connectivity index is 6.86. The van der Waals surface area contributed by atoms with Crippen LogP contribution < -0.4 is 5.32 Å². The van der Waals surface area contributed by atoms with Crippen LogP contribution >= 0.6 is 22.6 Å². The molecule has 0 fully saturated rings. The van der Waals surface area contributed by atoms with Crippen LogP contribution in [0.3, 0.4) is 0 Å². The highest BCUT2D eigenvalue weighted by Crippen LogP contribution is 2.49. The topological polar surface area (TPSA) is 113 Å². The fourth-order valence-electron chi connectivity index (χ4n) is 3.84. The van der Waals surface area contributed by atoms with Crippen molar-refractivity contribution in [2.75, 3.05) is 0 Å². The Hall–Kier alpha value is -1.32. The van der Waals surface area contributed by atoms with Gasteiger partial charge < -0.3 is 20.3 Å². The Kier molecular flexibility index (Phi) is 9.22. The third-order valence-corrected chi connectivity index (χ3v) is 5.33. The minimum absolute atomic E-state index is 0.140. The van der Waals surface area contributed by atoms with Crippen LogP contribution in [0.25, 0.3) is 0 Å². The van der Waals surface area contributed by atoms with Crippen molar-refractivity contribution >= 4 is 40.6 Å². The summed E-state index contributed by atoms with van der Waals surface area (Å²) in [4.78, 5) is 37.7. The lowest BCUT2D eigenvalue weighted by Crippen LogP contribution is -2.71. The van der Waals surface area contributed by atoms with Crippen LogP contribution in [-0.2, 0) is 14.3 Å². The zero-order valence-corrected chi connectivity index (χ0v) is 21.1. The molecule has 1 amide bonds. The standard InChI is InChI=1S/C21H36INO6/c1-18(2,3)14(13(15(24)25)11-10-12-22)21(16(26)27,19(4,5)6)23-17(28)29-20(7,8)9/h10,12-14H,11H2,1-9H3,(H,23,28)(H,24,25)(H,26,27)/t13-,14?,21+/m0/s1. The molecular weight excluding hydrogens is 489 g/mol. The Morgan fingerprint density at radius 1 is 1.00 bits per heavy atom. The van der Waals surface area contributed by atoms with Gasteiger partial charge in [-0.05, 0) is 42.1 Å². The number of carbonyl (C=O) groups excluding carboxylic acids is 1. The smallest absolute Gasteiger partial charge is 0.408 e. The molecule has 0 aromatic carbocycles. The fourth-order valence-corrected chi connectivity index (χ4v) is 4.13. The average Bonchev–Trinajstić information content (AvgIpc) is 2.44. The Morgan fingerprint density at radius 2 is 1.48 bits per heavy atom. The second-order valence-electron chi connectivity index (χ2n) is 10.4. The SMILES string of the molecule is CC(C)(C)OC(=O)N[C@@](C(=O)O)(C([C@H](CC=CI)C(=O)O)C(C)(C)C)C(C)(C)C. The normalized spacial score (nSPS) is 17.3. The number of hydrogen-bond donors (Lipinski definition) is 3. The lowest BCUT2D eigenvalue weighted by molar-refractivity contribution is -0.165. The molecule has 0 aromatic rings. The summed E-state index contributed by atoms with van der Waals surface area (Å²) >= 11 is 1.99. The lowest BCUT2D eigenvalue weighted by Gasteiger charge is -2.53. The minimum Gasteiger partial charge on any atom is -0.481 e. The Labute approximate surface area is 187 Å². The first-order valence-electron chi connectivity index (χ1n) is 9.54. The molecule has 0 aliphatic rings. The molecule has 0 heterocycles. The third-order valence-electron chi connectivity index (χ3n) is 4.82. The molecule has 0 saturated carbocycles. The van der Waals surface area contributed by atoms with E-state index in [9.17, 15) is 24.6 Å². The van der Waals surface area contributed by atoms with Crippen LogP contribution in [0.15, 0.2) is 10.2 Å². The number of amides is 1. The van der Waals surface area contributed by atoms with Gasteiger partial charge in [0.2, 0.25) is 0 Å². The highest BCUT2D eigenvalue weighted by atomic mass is 127. The van der Waals surface area contributed by atoms with Crippen molar-refractivity contribution < 1.29 is 29.3 Å². The van der Waals surface area contributed by atoms with E-state index in [2.05, 4.69) is 5.32 Å². The van der Waals surface area contributed by atoms with Crippen LogP contribution in [0, 0.1) is 22.7 Å². The van der Waals surface area contributed by atoms with Crippen molar-refractivity contribution in [3.05, 3.63) is 10.2 Å². The molecule has 3 atom stereocenters. The van der Waals surface area contributed by atoms with E-state index in [0.29, 0.717) is 0 Å². The van der Waals surface area contributed by atoms with Crippen molar-refractivity contribution in [3.8, 4) is 0 Å². The maximum Gasteiger partial charge on any atom is 0.408 e. The average molecular weight is 525 g/mol. The van der Waals surface area contributed by atoms with Gasteiger partial charge in [0.1, 0.15) is 11.1 Å². The molecule has 0 saturated heterocycles. The van der Waals surface area contributed by atoms with Crippen molar-refractivity contribution in [3.63, 3.8) is 0 Å². The summed E-state index contributed by atoms with van der Waals surface area (Å²) in [6.45, 7) is 15.5. The summed E-state index contributed by atoms with van der Waals surface area (Å²) in [5.41, 5.74) is -4.51. The van der Waals surface area contributed by atoms with E-state index >= 15 is 0 Å². The van der Waals surface area contributed by atoms with Gasteiger partial charge in [-0.3, -0.25) is 4.79 Å². The number of alkyl carbamates (subject to hydrolysis) is 1. The highest BCUT2D eigenvalue weighted by molar-refractivity contribution is 14.1. The number of rotatable bonds is 7. The molecular formula is C21H36INO6. The van der Waals surface area contributed by atoms with Gasteiger partial charge in [-0.2, -0.15) is 0 Å². The zero-order valence-electron chi connectivity index (χ0n) is 18.9. The first kappa shape index (κ1) is 27.7. The molecule has 3 N–H and O–H groups in total. The summed E-state index contributed by atoms with van der Waals surface area (Å²) in [6, 6.07) is 0. The molecule has 8 heteroatoms. The van der Waals surface area contributed by atoms with Crippen LogP contribution in [-0.4, -0.2) is 39.4 Å². The van der Waals surface area contributed by atoms with Crippen molar-refractivity contribution in [1.29, 1.82) is 0 Å². The van der Waals surface area contributed by atoms with Crippen molar-refractivity contribution in [1.82, 2.24) is 5.32 Å². The van der Waals surface area contributed by atoms with Gasteiger partial charge in [-0.15, -0.1) is 0 Å². The number of carboxylic acid groups (broad SMARTS) is 2. The number of carboxylic acids is 2. The lowest BCUT2D eigenvalue weighted by atomic mass is 9.54. The predicted molar refractivity (Wildman–Crippen MR) is 121 cm³/mol. The van der Waals surface area contributed by atoms with E-state index in [1.54, 1.807) is 72.5 Å². The molecule has 168 valence electrons. The second-order valence-corrected chi connectivity index (χ2v) is 11.1. The summed E-state index contributed by atoms with van der Waals surface area (Å²) in [7, 11) is 0. The summed E-state index contributed by atoms with van der Waals surface area (Å²) in [5.74, 6) is -4.38. The monoisotopic (exact) mass is 525 g/mol. The van der Waals surface area contributed by atoms with Gasteiger partial charge in [-0.25, -0.2) is 9.59 Å². The number of ether oxygens (including phenoxy) is 1. The number of nitrogens with one attached hydrogen (secondary N) is 1. The molecule has 0 aromatic heterocycles. The quantitative estimate of drug-likeness (QED) is 0.400. The maximum absolute atomic E-state index is 12.8. The van der Waals surface area contributed by atoms with E-state index in [-0.39, 0.29) is 6.42 Å². The minimum atomic E-state index is -1.89. The molecule has 7 nitrogen and oxygen atoms in total. The van der Waals surface area contributed by atoms with Crippen LogP contribution in [0.5, 0.6) is 0 Å². The maximum atomic E-state index is 12.8. The molecule has 0 bridgehead atoms. The first-order valence-corrected chi connectivity index (χ1v) is 10.8. The third kappa shape index (κ3) is 7.15. The van der Waals surface area contributed by atoms with Crippen molar-refractivity contribution in [2.24, 2.45) is 22.7 Å². The second kappa shape index (κ2) is 9.66. The molecule has 0 radical (unpaired) electrons. The Bertz CT molecular complexity index is 639. The van der Waals surface area contributed by atoms with Gasteiger partial charge >= 0.3 is 18.0 Å². The Morgan fingerprint density at radius 3 is 1.76 bits per heavy atom. The van der Waals surface area contributed by atoms with Gasteiger partial charge in [0.25, 0.3) is 0 Å². The molecule has 29 heavy (non-hydrogen) atoms. The molecule has 0 aliphatic carbocycles. The molecule has 1 unspecified atom stereocenters. The van der Waals surface area contributed by atoms with E-state index in [0.717, 1.165) is 0 Å². The molecule has 0 aliphatic heterocycles. The highest BCUT2D eigenvalue weighted by Gasteiger charge is 2.62. The fraction of sp³-hybridized carbons (Fsp3) is 0.762. The van der Waals surface area contributed by atoms with E-state index in [1.807, 2.05) is 22.6 Å². The molecule has 0 spiro atoms. The van der Waals surface area contributed by atoms with Gasteiger partial charge in [0.15, 0.2) is 0 Å². The van der Waals surface area contributed by atoms with Crippen LogP contribution in [0.4, 0.5) is 4.79 Å². The zero-order chi connectivity index (χ0) is 23.4. The summed E-state index contributed by atoms with van der Waals surface area (Å²) in [6.07, 6.45) is 0.944. The van der Waals surface area contributed by atoms with E-state index in [1.165, 1.54) is 0 Å². The number of carbonyl (C=O) groups is 3. The number of hydrogen-bond acceptors (Lipinski definition) is 4. The summed E-state index contributed by atoms with van der Waals surface area (Å²) < 4.78 is 7.05.